The van der Waals surface area contributed by atoms with Gasteiger partial charge in [0, 0.05) is 0 Å². The average Bonchev–Trinajstić information content (AvgIpc) is 3.26. The summed E-state index contributed by atoms with van der Waals surface area (Å²) in [5.74, 6) is 0.560. The van der Waals surface area contributed by atoms with Gasteiger partial charge in [-0.3, -0.25) is 6.08 Å². The van der Waals surface area contributed by atoms with Gasteiger partial charge in [-0.2, -0.15) is 11.1 Å². The Morgan fingerprint density at radius 2 is 1.41 bits per heavy atom. The number of allylic oxidation sites excluding steroid dienone is 4. The summed E-state index contributed by atoms with van der Waals surface area (Å²) in [6, 6.07) is 22.0. The van der Waals surface area contributed by atoms with Crippen LogP contribution in [0.25, 0.3) is 21.9 Å². The van der Waals surface area contributed by atoms with Crippen LogP contribution in [0.2, 0.25) is 0 Å². The van der Waals surface area contributed by atoms with Gasteiger partial charge in [-0.15, -0.1) is 53.6 Å². The monoisotopic (exact) mass is 586 g/mol. The molecule has 4 rings (SSSR count). The van der Waals surface area contributed by atoms with Gasteiger partial charge in [0.05, 0.1) is 0 Å². The molecule has 2 radical (unpaired) electrons. The summed E-state index contributed by atoms with van der Waals surface area (Å²) >= 11 is 1.36. The van der Waals surface area contributed by atoms with E-state index in [-0.39, 0.29) is 45.1 Å². The van der Waals surface area contributed by atoms with Gasteiger partial charge < -0.3 is 39.7 Å². The minimum atomic E-state index is 0. The molecule has 1 aliphatic carbocycles. The van der Waals surface area contributed by atoms with E-state index in [1.165, 1.54) is 67.5 Å². The zero-order chi connectivity index (χ0) is 22.5. The Morgan fingerprint density at radius 1 is 0.882 bits per heavy atom. The van der Waals surface area contributed by atoms with E-state index in [4.69, 9.17) is 0 Å². The van der Waals surface area contributed by atoms with Crippen molar-refractivity contribution < 1.29 is 48.1 Å². The van der Waals surface area contributed by atoms with Crippen LogP contribution < -0.4 is 24.8 Å². The predicted octanol–water partition coefficient (Wildman–Crippen LogP) is 2.77. The van der Waals surface area contributed by atoms with Crippen molar-refractivity contribution in [3.8, 4) is 11.1 Å². The Balaban J connectivity index is -0.000000555. The van der Waals surface area contributed by atoms with Gasteiger partial charge >= 0.3 is 30.2 Å². The fourth-order valence-electron chi connectivity index (χ4n) is 3.71. The molecule has 0 nitrogen and oxygen atoms in total. The van der Waals surface area contributed by atoms with E-state index >= 15 is 0 Å². The molecule has 4 heteroatoms. The average molecular weight is 589 g/mol. The molecule has 0 spiro atoms. The van der Waals surface area contributed by atoms with Gasteiger partial charge in [0.2, 0.25) is 0 Å². The predicted molar refractivity (Wildman–Crippen MR) is 142 cm³/mol. The molecule has 1 atom stereocenters. The number of rotatable bonds is 1. The topological polar surface area (TPSA) is 0 Å². The van der Waals surface area contributed by atoms with Crippen LogP contribution >= 0.6 is 0 Å². The summed E-state index contributed by atoms with van der Waals surface area (Å²) in [5, 5.41) is 2.66. The molecule has 0 N–H and O–H groups in total. The number of benzene rings is 2. The first-order valence-electron chi connectivity index (χ1n) is 10.5. The molecule has 186 valence electrons. The van der Waals surface area contributed by atoms with E-state index in [9.17, 15) is 0 Å². The van der Waals surface area contributed by atoms with Crippen LogP contribution in [0.4, 0.5) is 0 Å². The van der Waals surface area contributed by atoms with Crippen molar-refractivity contribution in [2.45, 2.75) is 53.9 Å². The molecular formula is C30H38Cl2SiZr-6. The maximum atomic E-state index is 3.36. The van der Waals surface area contributed by atoms with Crippen LogP contribution in [0.5, 0.6) is 0 Å². The first kappa shape index (κ1) is 37.8. The summed E-state index contributed by atoms with van der Waals surface area (Å²) in [6.45, 7) is 18.5. The van der Waals surface area contributed by atoms with Crippen molar-refractivity contribution in [3.05, 3.63) is 104 Å². The van der Waals surface area contributed by atoms with Crippen LogP contribution in [-0.4, -0.2) is 6.88 Å². The van der Waals surface area contributed by atoms with Crippen LogP contribution in [-0.2, 0) is 28.8 Å². The molecule has 0 aliphatic heterocycles. The zero-order valence-electron chi connectivity index (χ0n) is 22.1. The molecule has 0 bridgehead atoms. The Bertz CT molecular complexity index is 1050. The number of hydrogen-bond donors (Lipinski definition) is 0. The molecule has 0 amide bonds. The van der Waals surface area contributed by atoms with Crippen molar-refractivity contribution in [2.75, 3.05) is 0 Å². The molecule has 0 saturated carbocycles. The first-order valence-corrected chi connectivity index (χ1v) is 14.7. The zero-order valence-corrected chi connectivity index (χ0v) is 27.1. The molecule has 1 aliphatic rings. The van der Waals surface area contributed by atoms with Gasteiger partial charge in [-0.25, -0.2) is 5.57 Å². The van der Waals surface area contributed by atoms with Gasteiger partial charge in [0.25, 0.3) is 0 Å². The molecule has 3 aromatic rings. The maximum absolute atomic E-state index is 3.36. The number of fused-ring (bicyclic) bond motifs is 1. The van der Waals surface area contributed by atoms with E-state index in [1.807, 2.05) is 0 Å². The van der Waals surface area contributed by atoms with E-state index < -0.39 is 0 Å². The molecule has 34 heavy (non-hydrogen) atoms. The minimum absolute atomic E-state index is 0. The van der Waals surface area contributed by atoms with Crippen molar-refractivity contribution in [1.29, 1.82) is 0 Å². The summed E-state index contributed by atoms with van der Waals surface area (Å²) in [4.78, 5) is 0. The Labute approximate surface area is 239 Å². The number of halogens is 2. The van der Waals surface area contributed by atoms with Crippen LogP contribution in [0.1, 0.15) is 54.0 Å². The van der Waals surface area contributed by atoms with E-state index in [2.05, 4.69) is 122 Å². The third kappa shape index (κ3) is 9.34. The van der Waals surface area contributed by atoms with Crippen molar-refractivity contribution >= 4 is 17.7 Å². The van der Waals surface area contributed by atoms with Gasteiger partial charge in [0.1, 0.15) is 0 Å². The fourth-order valence-corrected chi connectivity index (χ4v) is 3.71. The second-order valence-corrected chi connectivity index (χ2v) is 8.96. The van der Waals surface area contributed by atoms with E-state index in [0.29, 0.717) is 5.92 Å². The number of hydrogen-bond acceptors (Lipinski definition) is 0. The summed E-state index contributed by atoms with van der Waals surface area (Å²) in [5.41, 5.74) is 8.47. The van der Waals surface area contributed by atoms with Crippen molar-refractivity contribution in [1.82, 2.24) is 0 Å². The van der Waals surface area contributed by atoms with Crippen molar-refractivity contribution in [2.24, 2.45) is 5.92 Å². The second-order valence-electron chi connectivity index (χ2n) is 8.96. The van der Waals surface area contributed by atoms with Crippen LogP contribution in [0.15, 0.2) is 77.4 Å². The van der Waals surface area contributed by atoms with E-state index in [0.717, 1.165) is 0 Å². The Hall–Kier alpha value is -0.790. The van der Waals surface area contributed by atoms with Crippen LogP contribution in [0.3, 0.4) is 0 Å². The van der Waals surface area contributed by atoms with Gasteiger partial charge in [-0.1, -0.05) is 83.4 Å². The molecule has 0 heterocycles. The summed E-state index contributed by atoms with van der Waals surface area (Å²) in [6.07, 6.45) is 3.36. The van der Waals surface area contributed by atoms with Gasteiger partial charge in [-0.05, 0) is 11.0 Å². The SMILES string of the molecule is CC(C)(C)c1ccc(-c2c[cH-]c3ccccc23)cc1.CC1=[C-]C(C)C(C)=C1C.[CH3-].[CH3-].[Cl-].[Cl-].[Si]=[Zr]. The fraction of sp³-hybridized carbons (Fsp3) is 0.300. The molecule has 0 saturated heterocycles. The molecule has 0 fully saturated rings. The Morgan fingerprint density at radius 3 is 1.82 bits per heavy atom. The second kappa shape index (κ2) is 16.8. The van der Waals surface area contributed by atoms with E-state index in [1.54, 1.807) is 0 Å². The molecule has 3 aromatic carbocycles. The standard InChI is InChI=1S/C19H19.C9H13.2CH3.2ClH.Si.Zr/c1-19(2,3)16-11-8-15(9-12-16)18-13-10-14-6-4-5-7-17(14)18;1-6-5-7(2)9(4)8(6)3;;;;;;/h4-13H,1-3H3;6H,1-4H3;2*1H3;2*1H;;/q4*-1;;;;/p-2. The van der Waals surface area contributed by atoms with Crippen molar-refractivity contribution in [3.63, 3.8) is 0 Å². The third-order valence-electron chi connectivity index (χ3n) is 5.98. The van der Waals surface area contributed by atoms with Crippen LogP contribution in [0, 0.1) is 26.8 Å². The normalized spacial score (nSPS) is 13.9. The van der Waals surface area contributed by atoms with Gasteiger partial charge in [0.15, 0.2) is 0 Å². The summed E-state index contributed by atoms with van der Waals surface area (Å²) in [7, 11) is 0. The molecular weight excluding hydrogens is 551 g/mol. The first-order chi connectivity index (χ1) is 14.2. The molecule has 0 aromatic heterocycles. The summed E-state index contributed by atoms with van der Waals surface area (Å²) < 4.78 is 0. The quantitative estimate of drug-likeness (QED) is 0.303. The molecule has 1 unspecified atom stereocenters. The Kier molecular flexibility index (Phi) is 18.7. The third-order valence-corrected chi connectivity index (χ3v) is 5.98.